The van der Waals surface area contributed by atoms with Crippen molar-refractivity contribution in [1.82, 2.24) is 15.1 Å². The van der Waals surface area contributed by atoms with E-state index in [2.05, 4.69) is 36.3 Å². The summed E-state index contributed by atoms with van der Waals surface area (Å²) in [4.78, 5) is 5.00. The average molecular weight is 255 g/mol. The Morgan fingerprint density at radius 1 is 1.33 bits per heavy atom. The third kappa shape index (κ3) is 3.67. The molecular weight excluding hydrogens is 226 g/mol. The molecule has 0 aromatic heterocycles. The van der Waals surface area contributed by atoms with Crippen LogP contribution in [0.25, 0.3) is 0 Å². The maximum atomic E-state index is 5.66. The Kier molecular flexibility index (Phi) is 5.42. The number of rotatable bonds is 5. The van der Waals surface area contributed by atoms with E-state index in [1.165, 1.54) is 32.5 Å². The highest BCUT2D eigenvalue weighted by Gasteiger charge is 2.31. The summed E-state index contributed by atoms with van der Waals surface area (Å²) >= 11 is 0. The van der Waals surface area contributed by atoms with Gasteiger partial charge in [-0.2, -0.15) is 0 Å². The van der Waals surface area contributed by atoms with Crippen LogP contribution in [0.5, 0.6) is 0 Å². The summed E-state index contributed by atoms with van der Waals surface area (Å²) in [7, 11) is 6.44. The Labute approximate surface area is 112 Å². The van der Waals surface area contributed by atoms with Gasteiger partial charge in [0.05, 0.1) is 6.61 Å². The van der Waals surface area contributed by atoms with E-state index in [0.717, 1.165) is 25.7 Å². The molecule has 2 fully saturated rings. The van der Waals surface area contributed by atoms with Crippen molar-refractivity contribution in [3.05, 3.63) is 0 Å². The van der Waals surface area contributed by atoms with Crippen molar-refractivity contribution in [3.63, 3.8) is 0 Å². The molecule has 2 aliphatic heterocycles. The van der Waals surface area contributed by atoms with Gasteiger partial charge in [-0.15, -0.1) is 0 Å². The van der Waals surface area contributed by atoms with Gasteiger partial charge in [-0.3, -0.25) is 4.90 Å². The summed E-state index contributed by atoms with van der Waals surface area (Å²) in [6.45, 7) is 5.51. The lowest BCUT2D eigenvalue weighted by Crippen LogP contribution is -2.48. The fourth-order valence-electron chi connectivity index (χ4n) is 3.42. The van der Waals surface area contributed by atoms with Crippen molar-refractivity contribution in [2.75, 3.05) is 54.0 Å². The molecule has 0 bridgehead atoms. The minimum atomic E-state index is 0.638. The molecule has 0 radical (unpaired) electrons. The quantitative estimate of drug-likeness (QED) is 0.780. The van der Waals surface area contributed by atoms with E-state index in [1.807, 2.05) is 0 Å². The molecule has 106 valence electrons. The average Bonchev–Trinajstić information content (AvgIpc) is 2.76. The van der Waals surface area contributed by atoms with Crippen LogP contribution in [-0.4, -0.2) is 75.9 Å². The molecule has 2 saturated heterocycles. The molecule has 3 unspecified atom stereocenters. The van der Waals surface area contributed by atoms with Gasteiger partial charge < -0.3 is 15.0 Å². The lowest BCUT2D eigenvalue weighted by Gasteiger charge is -2.36. The van der Waals surface area contributed by atoms with E-state index in [9.17, 15) is 0 Å². The molecule has 0 amide bonds. The predicted molar refractivity (Wildman–Crippen MR) is 74.9 cm³/mol. The summed E-state index contributed by atoms with van der Waals surface area (Å²) in [5.41, 5.74) is 0. The predicted octanol–water partition coefficient (Wildman–Crippen LogP) is 0.637. The van der Waals surface area contributed by atoms with E-state index in [1.54, 1.807) is 0 Å². The van der Waals surface area contributed by atoms with Crippen molar-refractivity contribution in [2.24, 2.45) is 5.92 Å². The van der Waals surface area contributed by atoms with Crippen LogP contribution < -0.4 is 5.32 Å². The molecule has 0 aromatic rings. The van der Waals surface area contributed by atoms with Gasteiger partial charge in [0.25, 0.3) is 0 Å². The molecular formula is C14H29N3O. The number of hydrogen-bond donors (Lipinski definition) is 1. The maximum Gasteiger partial charge on any atom is 0.0521 e. The van der Waals surface area contributed by atoms with Crippen molar-refractivity contribution >= 4 is 0 Å². The molecule has 18 heavy (non-hydrogen) atoms. The Balaban J connectivity index is 1.86. The molecule has 2 rings (SSSR count). The third-order valence-corrected chi connectivity index (χ3v) is 4.39. The Hall–Kier alpha value is -0.160. The van der Waals surface area contributed by atoms with Gasteiger partial charge in [-0.25, -0.2) is 0 Å². The lowest BCUT2D eigenvalue weighted by molar-refractivity contribution is 0.0153. The standard InChI is InChI=1S/C14H29N3O/c1-15-14-6-8-18-11-12(14)9-17-7-4-5-13(17)10-16(2)3/h12-15H,4-11H2,1-3H3. The van der Waals surface area contributed by atoms with Gasteiger partial charge in [0.2, 0.25) is 0 Å². The monoisotopic (exact) mass is 255 g/mol. The van der Waals surface area contributed by atoms with Gasteiger partial charge in [0.1, 0.15) is 0 Å². The van der Waals surface area contributed by atoms with Crippen LogP contribution in [0.2, 0.25) is 0 Å². The second-order valence-corrected chi connectivity index (χ2v) is 6.07. The van der Waals surface area contributed by atoms with Crippen LogP contribution in [0, 0.1) is 5.92 Å². The minimum absolute atomic E-state index is 0.638. The van der Waals surface area contributed by atoms with Crippen LogP contribution in [0.15, 0.2) is 0 Å². The number of hydrogen-bond acceptors (Lipinski definition) is 4. The fourth-order valence-corrected chi connectivity index (χ4v) is 3.42. The summed E-state index contributed by atoms with van der Waals surface area (Å²) in [5.74, 6) is 0.659. The Morgan fingerprint density at radius 2 is 2.17 bits per heavy atom. The first-order valence-electron chi connectivity index (χ1n) is 7.34. The third-order valence-electron chi connectivity index (χ3n) is 4.39. The normalized spacial score (nSPS) is 34.3. The zero-order valence-electron chi connectivity index (χ0n) is 12.2. The summed E-state index contributed by atoms with van der Waals surface area (Å²) < 4.78 is 5.66. The van der Waals surface area contributed by atoms with Crippen molar-refractivity contribution < 1.29 is 4.74 Å². The van der Waals surface area contributed by atoms with Gasteiger partial charge in [0.15, 0.2) is 0 Å². The lowest BCUT2D eigenvalue weighted by atomic mass is 9.95. The minimum Gasteiger partial charge on any atom is -0.381 e. The van der Waals surface area contributed by atoms with E-state index >= 15 is 0 Å². The highest BCUT2D eigenvalue weighted by atomic mass is 16.5. The molecule has 4 heteroatoms. The summed E-state index contributed by atoms with van der Waals surface area (Å²) in [6.07, 6.45) is 3.87. The second kappa shape index (κ2) is 6.85. The first-order chi connectivity index (χ1) is 8.70. The molecule has 4 nitrogen and oxygen atoms in total. The largest absolute Gasteiger partial charge is 0.381 e. The summed E-state index contributed by atoms with van der Waals surface area (Å²) in [6, 6.07) is 1.39. The molecule has 0 saturated carbocycles. The number of nitrogens with zero attached hydrogens (tertiary/aromatic N) is 2. The van der Waals surface area contributed by atoms with Crippen LogP contribution in [0.4, 0.5) is 0 Å². The molecule has 0 aliphatic carbocycles. The SMILES string of the molecule is CNC1CCOCC1CN1CCCC1CN(C)C. The number of likely N-dealkylation sites (N-methyl/N-ethyl adjacent to an activating group) is 1. The molecule has 1 N–H and O–H groups in total. The smallest absolute Gasteiger partial charge is 0.0521 e. The number of nitrogens with one attached hydrogen (secondary N) is 1. The van der Waals surface area contributed by atoms with Crippen molar-refractivity contribution in [1.29, 1.82) is 0 Å². The molecule has 2 aliphatic rings. The molecule has 0 spiro atoms. The molecule has 3 atom stereocenters. The number of ether oxygens (including phenoxy) is 1. The van der Waals surface area contributed by atoms with Crippen molar-refractivity contribution in [2.45, 2.75) is 31.3 Å². The van der Waals surface area contributed by atoms with Crippen LogP contribution in [0.3, 0.4) is 0 Å². The molecule has 0 aromatic carbocycles. The van der Waals surface area contributed by atoms with E-state index in [4.69, 9.17) is 4.74 Å². The zero-order valence-corrected chi connectivity index (χ0v) is 12.2. The van der Waals surface area contributed by atoms with Crippen molar-refractivity contribution in [3.8, 4) is 0 Å². The van der Waals surface area contributed by atoms with Crippen LogP contribution in [0.1, 0.15) is 19.3 Å². The highest BCUT2D eigenvalue weighted by Crippen LogP contribution is 2.23. The first kappa shape index (κ1) is 14.3. The zero-order chi connectivity index (χ0) is 13.0. The van der Waals surface area contributed by atoms with Gasteiger partial charge in [0, 0.05) is 37.7 Å². The van der Waals surface area contributed by atoms with E-state index in [0.29, 0.717) is 12.0 Å². The maximum absolute atomic E-state index is 5.66. The highest BCUT2D eigenvalue weighted by molar-refractivity contribution is 4.87. The molecule has 2 heterocycles. The second-order valence-electron chi connectivity index (χ2n) is 6.07. The van der Waals surface area contributed by atoms with Gasteiger partial charge in [-0.05, 0) is 47.0 Å². The topological polar surface area (TPSA) is 27.7 Å². The van der Waals surface area contributed by atoms with E-state index in [-0.39, 0.29) is 0 Å². The van der Waals surface area contributed by atoms with Gasteiger partial charge >= 0.3 is 0 Å². The Morgan fingerprint density at radius 3 is 2.89 bits per heavy atom. The van der Waals surface area contributed by atoms with Gasteiger partial charge in [-0.1, -0.05) is 0 Å². The fraction of sp³-hybridized carbons (Fsp3) is 1.00. The number of likely N-dealkylation sites (tertiary alicyclic amines) is 1. The van der Waals surface area contributed by atoms with Crippen LogP contribution in [-0.2, 0) is 4.74 Å². The van der Waals surface area contributed by atoms with E-state index < -0.39 is 0 Å². The van der Waals surface area contributed by atoms with Crippen LogP contribution >= 0.6 is 0 Å². The first-order valence-corrected chi connectivity index (χ1v) is 7.34. The Bertz CT molecular complexity index is 247. The summed E-state index contributed by atoms with van der Waals surface area (Å²) in [5, 5.41) is 3.47.